The van der Waals surface area contributed by atoms with Gasteiger partial charge in [0.05, 0.1) is 18.1 Å². The largest absolute Gasteiger partial charge is 0.462 e. The molecule has 1 aliphatic carbocycles. The fraction of sp³-hybridized carbons (Fsp3) is 0.381. The molecular weight excluding hydrogens is 378 g/mol. The van der Waals surface area contributed by atoms with E-state index in [1.165, 1.54) is 11.3 Å². The van der Waals surface area contributed by atoms with Gasteiger partial charge < -0.3 is 14.8 Å². The van der Waals surface area contributed by atoms with Crippen LogP contribution in [0.3, 0.4) is 0 Å². The molecule has 2 aromatic rings. The van der Waals surface area contributed by atoms with Gasteiger partial charge in [0.25, 0.3) is 5.91 Å². The van der Waals surface area contributed by atoms with E-state index in [1.54, 1.807) is 6.92 Å². The highest BCUT2D eigenvalue weighted by Crippen LogP contribution is 2.40. The van der Waals surface area contributed by atoms with Crippen molar-refractivity contribution in [3.8, 4) is 10.4 Å². The minimum atomic E-state index is -0.488. The van der Waals surface area contributed by atoms with Crippen molar-refractivity contribution < 1.29 is 23.9 Å². The highest BCUT2D eigenvalue weighted by molar-refractivity contribution is 7.20. The lowest BCUT2D eigenvalue weighted by Gasteiger charge is -2.07. The Bertz CT molecular complexity index is 890. The third kappa shape index (κ3) is 4.42. The fourth-order valence-electron chi connectivity index (χ4n) is 2.97. The number of hydrogen-bond acceptors (Lipinski definition) is 6. The SMILES string of the molecule is CCOC(=O)c1c(NC(=O)COC(=O)[C@@H]2C[C@@H]2C)sc(-c2ccccc2)c1C. The number of rotatable bonds is 7. The number of carbonyl (C=O) groups excluding carboxylic acids is 3. The van der Waals surface area contributed by atoms with Crippen molar-refractivity contribution in [2.24, 2.45) is 11.8 Å². The Labute approximate surface area is 167 Å². The van der Waals surface area contributed by atoms with Gasteiger partial charge in [0.15, 0.2) is 6.61 Å². The van der Waals surface area contributed by atoms with Crippen molar-refractivity contribution >= 4 is 34.2 Å². The lowest BCUT2D eigenvalue weighted by molar-refractivity contribution is -0.148. The lowest BCUT2D eigenvalue weighted by atomic mass is 10.1. The van der Waals surface area contributed by atoms with E-state index in [2.05, 4.69) is 5.32 Å². The van der Waals surface area contributed by atoms with Crippen LogP contribution in [0.5, 0.6) is 0 Å². The molecule has 1 amide bonds. The zero-order chi connectivity index (χ0) is 20.3. The number of carbonyl (C=O) groups is 3. The van der Waals surface area contributed by atoms with Crippen molar-refractivity contribution in [3.05, 3.63) is 41.5 Å². The molecule has 6 nitrogen and oxygen atoms in total. The first-order valence-electron chi connectivity index (χ1n) is 9.24. The van der Waals surface area contributed by atoms with Crippen LogP contribution >= 0.6 is 11.3 Å². The topological polar surface area (TPSA) is 81.7 Å². The Morgan fingerprint density at radius 3 is 2.46 bits per heavy atom. The zero-order valence-electron chi connectivity index (χ0n) is 16.1. The minimum Gasteiger partial charge on any atom is -0.462 e. The summed E-state index contributed by atoms with van der Waals surface area (Å²) in [6.07, 6.45) is 0.804. The summed E-state index contributed by atoms with van der Waals surface area (Å²) in [4.78, 5) is 37.4. The van der Waals surface area contributed by atoms with E-state index in [4.69, 9.17) is 9.47 Å². The maximum Gasteiger partial charge on any atom is 0.341 e. The monoisotopic (exact) mass is 401 g/mol. The predicted molar refractivity (Wildman–Crippen MR) is 107 cm³/mol. The van der Waals surface area contributed by atoms with Gasteiger partial charge in [0.1, 0.15) is 5.00 Å². The number of hydrogen-bond donors (Lipinski definition) is 1. The predicted octanol–water partition coefficient (Wildman–Crippen LogP) is 4.04. The molecule has 28 heavy (non-hydrogen) atoms. The summed E-state index contributed by atoms with van der Waals surface area (Å²) in [5, 5.41) is 3.11. The highest BCUT2D eigenvalue weighted by atomic mass is 32.1. The maximum atomic E-state index is 12.5. The van der Waals surface area contributed by atoms with E-state index in [9.17, 15) is 14.4 Å². The summed E-state index contributed by atoms with van der Waals surface area (Å²) in [5.74, 6) is -1.10. The Balaban J connectivity index is 1.79. The first-order valence-corrected chi connectivity index (χ1v) is 10.1. The number of nitrogens with one attached hydrogen (secondary N) is 1. The molecule has 0 unspecified atom stereocenters. The fourth-order valence-corrected chi connectivity index (χ4v) is 4.19. The van der Waals surface area contributed by atoms with E-state index >= 15 is 0 Å². The summed E-state index contributed by atoms with van der Waals surface area (Å²) in [6, 6.07) is 9.62. The van der Waals surface area contributed by atoms with Crippen LogP contribution in [0.2, 0.25) is 0 Å². The first kappa shape index (κ1) is 20.1. The van der Waals surface area contributed by atoms with Crippen LogP contribution in [0.1, 0.15) is 36.2 Å². The van der Waals surface area contributed by atoms with Crippen molar-refractivity contribution in [2.45, 2.75) is 27.2 Å². The maximum absolute atomic E-state index is 12.5. The molecule has 1 N–H and O–H groups in total. The third-order valence-electron chi connectivity index (χ3n) is 4.67. The third-order valence-corrected chi connectivity index (χ3v) is 5.93. The molecule has 0 spiro atoms. The van der Waals surface area contributed by atoms with E-state index in [0.29, 0.717) is 16.5 Å². The molecule has 1 saturated carbocycles. The summed E-state index contributed by atoms with van der Waals surface area (Å²) in [6.45, 7) is 5.39. The molecule has 1 aromatic heterocycles. The summed E-state index contributed by atoms with van der Waals surface area (Å²) < 4.78 is 10.2. The second-order valence-corrected chi connectivity index (χ2v) is 7.84. The van der Waals surface area contributed by atoms with Gasteiger partial charge >= 0.3 is 11.9 Å². The van der Waals surface area contributed by atoms with Gasteiger partial charge in [-0.05, 0) is 37.3 Å². The molecule has 1 fully saturated rings. The van der Waals surface area contributed by atoms with Gasteiger partial charge in [-0.15, -0.1) is 11.3 Å². The van der Waals surface area contributed by atoms with Gasteiger partial charge in [-0.25, -0.2) is 4.79 Å². The number of benzene rings is 1. The lowest BCUT2D eigenvalue weighted by Crippen LogP contribution is -2.22. The molecule has 3 rings (SSSR count). The highest BCUT2D eigenvalue weighted by Gasteiger charge is 2.40. The average molecular weight is 401 g/mol. The second-order valence-electron chi connectivity index (χ2n) is 6.82. The smallest absolute Gasteiger partial charge is 0.341 e. The van der Waals surface area contributed by atoms with Crippen LogP contribution in [-0.2, 0) is 19.1 Å². The van der Waals surface area contributed by atoms with Crippen LogP contribution in [0, 0.1) is 18.8 Å². The van der Waals surface area contributed by atoms with Gasteiger partial charge in [0, 0.05) is 4.88 Å². The summed E-state index contributed by atoms with van der Waals surface area (Å²) >= 11 is 1.30. The van der Waals surface area contributed by atoms with E-state index in [0.717, 1.165) is 22.4 Å². The van der Waals surface area contributed by atoms with Crippen molar-refractivity contribution in [1.29, 1.82) is 0 Å². The van der Waals surface area contributed by atoms with Crippen molar-refractivity contribution in [3.63, 3.8) is 0 Å². The molecule has 0 aliphatic heterocycles. The van der Waals surface area contributed by atoms with E-state index in [-0.39, 0.29) is 25.1 Å². The van der Waals surface area contributed by atoms with Crippen LogP contribution in [-0.4, -0.2) is 31.1 Å². The number of ether oxygens (including phenoxy) is 2. The van der Waals surface area contributed by atoms with E-state index in [1.807, 2.05) is 44.2 Å². The van der Waals surface area contributed by atoms with Crippen molar-refractivity contribution in [2.75, 3.05) is 18.5 Å². The first-order chi connectivity index (χ1) is 13.4. The van der Waals surface area contributed by atoms with Gasteiger partial charge in [-0.3, -0.25) is 9.59 Å². The van der Waals surface area contributed by atoms with Crippen molar-refractivity contribution in [1.82, 2.24) is 0 Å². The van der Waals surface area contributed by atoms with Crippen LogP contribution in [0.25, 0.3) is 10.4 Å². The van der Waals surface area contributed by atoms with Crippen LogP contribution in [0.4, 0.5) is 5.00 Å². The number of anilines is 1. The molecule has 2 atom stereocenters. The molecule has 0 saturated heterocycles. The Morgan fingerprint density at radius 2 is 1.86 bits per heavy atom. The Morgan fingerprint density at radius 1 is 1.18 bits per heavy atom. The van der Waals surface area contributed by atoms with Crippen LogP contribution in [0.15, 0.2) is 30.3 Å². The summed E-state index contributed by atoms with van der Waals surface area (Å²) in [7, 11) is 0. The quantitative estimate of drug-likeness (QED) is 0.708. The second kappa shape index (κ2) is 8.56. The molecular formula is C21H23NO5S. The molecule has 1 aliphatic rings. The molecule has 7 heteroatoms. The molecule has 0 radical (unpaired) electrons. The average Bonchev–Trinajstić information content (AvgIpc) is 3.32. The molecule has 1 heterocycles. The number of amides is 1. The number of thiophene rings is 1. The number of esters is 2. The summed E-state index contributed by atoms with van der Waals surface area (Å²) in [5.41, 5.74) is 2.03. The van der Waals surface area contributed by atoms with E-state index < -0.39 is 11.9 Å². The Hall–Kier alpha value is -2.67. The standard InChI is InChI=1S/C21H23NO5S/c1-4-26-21(25)17-13(3)18(14-8-6-5-7-9-14)28-19(17)22-16(23)11-27-20(24)15-10-12(15)2/h5-9,12,15H,4,10-11H2,1-3H3,(H,22,23)/t12-,15+/m0/s1. The normalized spacial score (nSPS) is 17.7. The zero-order valence-corrected chi connectivity index (χ0v) is 16.9. The molecule has 1 aromatic carbocycles. The molecule has 148 valence electrons. The van der Waals surface area contributed by atoms with Crippen LogP contribution < -0.4 is 5.32 Å². The Kier molecular flexibility index (Phi) is 6.14. The molecule has 0 bridgehead atoms. The van der Waals surface area contributed by atoms with Gasteiger partial charge in [0.2, 0.25) is 0 Å². The minimum absolute atomic E-state index is 0.100. The van der Waals surface area contributed by atoms with Gasteiger partial charge in [-0.1, -0.05) is 37.3 Å². The van der Waals surface area contributed by atoms with Gasteiger partial charge in [-0.2, -0.15) is 0 Å².